The van der Waals surface area contributed by atoms with Crippen molar-refractivity contribution in [2.75, 3.05) is 0 Å². The zero-order valence-corrected chi connectivity index (χ0v) is 15.0. The normalized spacial score (nSPS) is 50.3. The summed E-state index contributed by atoms with van der Waals surface area (Å²) in [5, 5.41) is 33.5. The van der Waals surface area contributed by atoms with Crippen LogP contribution in [0.5, 0.6) is 0 Å². The Morgan fingerprint density at radius 3 is 2.48 bits per heavy atom. The van der Waals surface area contributed by atoms with Crippen LogP contribution in [0.25, 0.3) is 0 Å². The first kappa shape index (κ1) is 17.2. The number of allylic oxidation sites excluding steroid dienone is 1. The molecule has 0 radical (unpaired) electrons. The lowest BCUT2D eigenvalue weighted by molar-refractivity contribution is -0.142. The van der Waals surface area contributed by atoms with E-state index in [0.717, 1.165) is 24.0 Å². The molecule has 3 aliphatic rings. The van der Waals surface area contributed by atoms with Crippen molar-refractivity contribution < 1.29 is 15.3 Å². The van der Waals surface area contributed by atoms with Gasteiger partial charge < -0.3 is 15.3 Å². The van der Waals surface area contributed by atoms with Gasteiger partial charge in [-0.1, -0.05) is 40.3 Å². The van der Waals surface area contributed by atoms with E-state index >= 15 is 0 Å². The highest BCUT2D eigenvalue weighted by molar-refractivity contribution is 5.38. The summed E-state index contributed by atoms with van der Waals surface area (Å²) in [6.45, 7) is 12.4. The molecule has 2 saturated carbocycles. The van der Waals surface area contributed by atoms with E-state index in [1.165, 1.54) is 0 Å². The van der Waals surface area contributed by atoms with Crippen LogP contribution in [-0.2, 0) is 0 Å². The van der Waals surface area contributed by atoms with Crippen LogP contribution in [0, 0.1) is 16.7 Å². The first-order valence-corrected chi connectivity index (χ1v) is 9.02. The first-order chi connectivity index (χ1) is 10.5. The van der Waals surface area contributed by atoms with Crippen molar-refractivity contribution in [1.82, 2.24) is 0 Å². The van der Waals surface area contributed by atoms with Gasteiger partial charge in [-0.2, -0.15) is 0 Å². The fourth-order valence-corrected chi connectivity index (χ4v) is 5.49. The molecule has 3 rings (SSSR count). The zero-order valence-electron chi connectivity index (χ0n) is 15.0. The second kappa shape index (κ2) is 4.93. The maximum atomic E-state index is 11.6. The largest absolute Gasteiger partial charge is 0.392 e. The van der Waals surface area contributed by atoms with E-state index in [0.29, 0.717) is 25.7 Å². The van der Waals surface area contributed by atoms with Crippen LogP contribution < -0.4 is 0 Å². The summed E-state index contributed by atoms with van der Waals surface area (Å²) in [4.78, 5) is 0. The van der Waals surface area contributed by atoms with E-state index < -0.39 is 22.7 Å². The van der Waals surface area contributed by atoms with Gasteiger partial charge in [0.2, 0.25) is 0 Å². The van der Waals surface area contributed by atoms with Crippen molar-refractivity contribution in [3.05, 3.63) is 23.8 Å². The van der Waals surface area contributed by atoms with Gasteiger partial charge >= 0.3 is 0 Å². The lowest BCUT2D eigenvalue weighted by atomic mass is 9.56. The summed E-state index contributed by atoms with van der Waals surface area (Å²) < 4.78 is 0. The molecule has 2 fully saturated rings. The molecule has 0 spiro atoms. The minimum absolute atomic E-state index is 0.145. The third-order valence-corrected chi connectivity index (χ3v) is 7.49. The lowest BCUT2D eigenvalue weighted by Crippen LogP contribution is -2.58. The maximum Gasteiger partial charge on any atom is 0.0943 e. The number of aliphatic hydroxyl groups is 3. The number of hydrogen-bond donors (Lipinski definition) is 3. The molecule has 0 saturated heterocycles. The molecule has 3 aliphatic carbocycles. The highest BCUT2D eigenvalue weighted by Gasteiger charge is 2.62. The number of hydrogen-bond acceptors (Lipinski definition) is 3. The molecule has 5 atom stereocenters. The average molecular weight is 320 g/mol. The molecule has 0 amide bonds. The SMILES string of the molecule is C=C1CCC(O)C2(C)CC=C3C(C)(CCC3(O)C(C)C)CC12O. The topological polar surface area (TPSA) is 60.7 Å². The molecule has 0 bridgehead atoms. The van der Waals surface area contributed by atoms with Crippen LogP contribution in [0.1, 0.15) is 66.2 Å². The predicted octanol–water partition coefficient (Wildman–Crippen LogP) is 3.34. The van der Waals surface area contributed by atoms with E-state index in [9.17, 15) is 15.3 Å². The average Bonchev–Trinajstić information content (AvgIpc) is 2.66. The maximum absolute atomic E-state index is 11.6. The van der Waals surface area contributed by atoms with Gasteiger partial charge in [-0.15, -0.1) is 0 Å². The van der Waals surface area contributed by atoms with E-state index in [1.807, 2.05) is 6.92 Å². The summed E-state index contributed by atoms with van der Waals surface area (Å²) in [7, 11) is 0. The smallest absolute Gasteiger partial charge is 0.0943 e. The summed E-state index contributed by atoms with van der Waals surface area (Å²) in [6, 6.07) is 0. The van der Waals surface area contributed by atoms with Crippen LogP contribution in [-0.4, -0.2) is 32.6 Å². The Balaban J connectivity index is 2.12. The minimum atomic E-state index is -1.07. The summed E-state index contributed by atoms with van der Waals surface area (Å²) in [5.41, 5.74) is -0.794. The Bertz CT molecular complexity index is 565. The van der Waals surface area contributed by atoms with Crippen molar-refractivity contribution in [2.45, 2.75) is 83.5 Å². The summed E-state index contributed by atoms with van der Waals surface area (Å²) in [5.74, 6) is 0.145. The van der Waals surface area contributed by atoms with Gasteiger partial charge in [0.25, 0.3) is 0 Å². The van der Waals surface area contributed by atoms with Gasteiger partial charge in [-0.3, -0.25) is 0 Å². The standard InChI is InChI=1S/C20H32O3/c1-13(2)19(22)11-10-17(4)12-20(23)14(3)6-7-16(21)18(20,5)9-8-15(17)19/h8,13,16,21-23H,3,6-7,9-12H2,1-2,4-5H3. The van der Waals surface area contributed by atoms with Gasteiger partial charge in [-0.25, -0.2) is 0 Å². The van der Waals surface area contributed by atoms with Crippen LogP contribution >= 0.6 is 0 Å². The van der Waals surface area contributed by atoms with E-state index in [-0.39, 0.29) is 11.3 Å². The quantitative estimate of drug-likeness (QED) is 0.649. The third-order valence-electron chi connectivity index (χ3n) is 7.49. The van der Waals surface area contributed by atoms with Crippen molar-refractivity contribution in [3.8, 4) is 0 Å². The molecule has 0 aromatic carbocycles. The van der Waals surface area contributed by atoms with Crippen LogP contribution in [0.2, 0.25) is 0 Å². The molecular formula is C20H32O3. The van der Waals surface area contributed by atoms with E-state index in [4.69, 9.17) is 0 Å². The molecular weight excluding hydrogens is 288 g/mol. The van der Waals surface area contributed by atoms with Gasteiger partial charge in [-0.05, 0) is 61.0 Å². The Kier molecular flexibility index (Phi) is 3.69. The van der Waals surface area contributed by atoms with Crippen molar-refractivity contribution in [1.29, 1.82) is 0 Å². The Labute approximate surface area is 140 Å². The second-order valence-corrected chi connectivity index (χ2v) is 9.07. The fourth-order valence-electron chi connectivity index (χ4n) is 5.49. The molecule has 3 N–H and O–H groups in total. The molecule has 0 heterocycles. The second-order valence-electron chi connectivity index (χ2n) is 9.07. The zero-order chi connectivity index (χ0) is 17.3. The number of fused-ring (bicyclic) bond motifs is 2. The summed E-state index contributed by atoms with van der Waals surface area (Å²) in [6.07, 6.45) is 5.68. The summed E-state index contributed by atoms with van der Waals surface area (Å²) >= 11 is 0. The molecule has 130 valence electrons. The van der Waals surface area contributed by atoms with Crippen molar-refractivity contribution in [2.24, 2.45) is 16.7 Å². The molecule has 5 unspecified atom stereocenters. The fraction of sp³-hybridized carbons (Fsp3) is 0.800. The van der Waals surface area contributed by atoms with Gasteiger partial charge in [0.15, 0.2) is 0 Å². The van der Waals surface area contributed by atoms with Crippen LogP contribution in [0.3, 0.4) is 0 Å². The molecule has 0 aromatic heterocycles. The lowest BCUT2D eigenvalue weighted by Gasteiger charge is -2.53. The highest BCUT2D eigenvalue weighted by atomic mass is 16.3. The van der Waals surface area contributed by atoms with Gasteiger partial charge in [0.05, 0.1) is 17.3 Å². The van der Waals surface area contributed by atoms with Gasteiger partial charge in [0, 0.05) is 5.41 Å². The van der Waals surface area contributed by atoms with Crippen LogP contribution in [0.4, 0.5) is 0 Å². The predicted molar refractivity (Wildman–Crippen MR) is 91.9 cm³/mol. The number of rotatable bonds is 1. The first-order valence-electron chi connectivity index (χ1n) is 9.02. The molecule has 0 aliphatic heterocycles. The van der Waals surface area contributed by atoms with Crippen molar-refractivity contribution >= 4 is 0 Å². The van der Waals surface area contributed by atoms with Gasteiger partial charge in [0.1, 0.15) is 0 Å². The highest BCUT2D eigenvalue weighted by Crippen LogP contribution is 2.63. The van der Waals surface area contributed by atoms with E-state index in [1.54, 1.807) is 0 Å². The monoisotopic (exact) mass is 320 g/mol. The molecule has 3 nitrogen and oxygen atoms in total. The van der Waals surface area contributed by atoms with Crippen molar-refractivity contribution in [3.63, 3.8) is 0 Å². The Hall–Kier alpha value is -0.640. The number of aliphatic hydroxyl groups excluding tert-OH is 1. The van der Waals surface area contributed by atoms with Crippen LogP contribution in [0.15, 0.2) is 23.8 Å². The molecule has 23 heavy (non-hydrogen) atoms. The Morgan fingerprint density at radius 2 is 1.87 bits per heavy atom. The third kappa shape index (κ3) is 2.06. The Morgan fingerprint density at radius 1 is 1.22 bits per heavy atom. The van der Waals surface area contributed by atoms with E-state index in [2.05, 4.69) is 33.4 Å². The molecule has 0 aromatic rings. The molecule has 3 heteroatoms. The minimum Gasteiger partial charge on any atom is -0.392 e.